The van der Waals surface area contributed by atoms with Gasteiger partial charge in [0, 0.05) is 29.3 Å². The maximum absolute atomic E-state index is 9.81. The third kappa shape index (κ3) is 3.57. The number of rotatable bonds is 3. The van der Waals surface area contributed by atoms with E-state index in [1.54, 1.807) is 18.3 Å². The molecule has 114 valence electrons. The lowest BCUT2D eigenvalue weighted by Crippen LogP contribution is -2.44. The summed E-state index contributed by atoms with van der Waals surface area (Å²) in [5.74, 6) is 1.25. The number of benzene rings is 1. The largest absolute Gasteiger partial charge is 0.507 e. The van der Waals surface area contributed by atoms with E-state index in [2.05, 4.69) is 30.9 Å². The van der Waals surface area contributed by atoms with Gasteiger partial charge in [-0.05, 0) is 30.3 Å². The summed E-state index contributed by atoms with van der Waals surface area (Å²) < 4.78 is 0.923. The maximum Gasteiger partial charge on any atom is 0.128 e. The molecule has 0 amide bonds. The minimum absolute atomic E-state index is 0.235. The molecule has 1 aromatic carbocycles. The van der Waals surface area contributed by atoms with E-state index in [0.717, 1.165) is 36.5 Å². The van der Waals surface area contributed by atoms with Gasteiger partial charge in [-0.15, -0.1) is 0 Å². The Labute approximate surface area is 138 Å². The Bertz CT molecular complexity index is 654. The first-order valence-corrected chi connectivity index (χ1v) is 7.95. The van der Waals surface area contributed by atoms with E-state index in [1.165, 1.54) is 0 Å². The summed E-state index contributed by atoms with van der Waals surface area (Å²) in [5.41, 5.74) is 0.710. The molecule has 0 radical (unpaired) electrons. The number of nitrogens with zero attached hydrogens (tertiary/aromatic N) is 4. The lowest BCUT2D eigenvalue weighted by molar-refractivity contribution is 0.271. The second-order valence-corrected chi connectivity index (χ2v) is 5.99. The Hall–Kier alpha value is -2.08. The molecule has 1 aromatic heterocycles. The molecule has 6 heteroatoms. The molecule has 0 saturated carbocycles. The molecule has 1 aliphatic rings. The van der Waals surface area contributed by atoms with Gasteiger partial charge in [-0.1, -0.05) is 22.0 Å². The van der Waals surface area contributed by atoms with E-state index < -0.39 is 0 Å². The Morgan fingerprint density at radius 2 is 1.95 bits per heavy atom. The zero-order valence-electron chi connectivity index (χ0n) is 12.1. The molecular weight excluding hydrogens is 344 g/mol. The summed E-state index contributed by atoms with van der Waals surface area (Å²) in [6, 6.07) is 11.3. The van der Waals surface area contributed by atoms with Crippen molar-refractivity contribution in [3.63, 3.8) is 0 Å². The van der Waals surface area contributed by atoms with Crippen LogP contribution in [-0.2, 0) is 0 Å². The summed E-state index contributed by atoms with van der Waals surface area (Å²) in [5, 5.41) is 16.3. The number of aromatic nitrogens is 1. The highest BCUT2D eigenvalue weighted by Gasteiger charge is 2.16. The van der Waals surface area contributed by atoms with Crippen LogP contribution in [0.3, 0.4) is 0 Å². The summed E-state index contributed by atoms with van der Waals surface area (Å²) >= 11 is 3.40. The minimum Gasteiger partial charge on any atom is -0.507 e. The van der Waals surface area contributed by atoms with Gasteiger partial charge < -0.3 is 10.0 Å². The van der Waals surface area contributed by atoms with Crippen LogP contribution in [0.4, 0.5) is 5.82 Å². The predicted octanol–water partition coefficient (Wildman–Crippen LogP) is 2.71. The van der Waals surface area contributed by atoms with Gasteiger partial charge in [0.2, 0.25) is 0 Å². The average Bonchev–Trinajstić information content (AvgIpc) is 2.57. The number of piperazine rings is 1. The van der Waals surface area contributed by atoms with Crippen LogP contribution in [-0.4, -0.2) is 47.5 Å². The molecule has 0 atom stereocenters. The number of phenols is 1. The van der Waals surface area contributed by atoms with Crippen molar-refractivity contribution in [3.8, 4) is 5.75 Å². The number of hydrogen-bond acceptors (Lipinski definition) is 5. The van der Waals surface area contributed by atoms with Crippen molar-refractivity contribution in [2.45, 2.75) is 0 Å². The molecule has 1 saturated heterocycles. The van der Waals surface area contributed by atoms with E-state index in [-0.39, 0.29) is 5.75 Å². The molecule has 5 nitrogen and oxygen atoms in total. The standard InChI is InChI=1S/C16H17BrN4O/c17-14-4-5-15(22)13(11-14)12-19-21-9-7-20(8-10-21)16-3-1-2-6-18-16/h1-6,11-12,22H,7-10H2/b19-12+. The van der Waals surface area contributed by atoms with Crippen LogP contribution in [0.5, 0.6) is 5.75 Å². The van der Waals surface area contributed by atoms with Gasteiger partial charge in [0.05, 0.1) is 19.3 Å². The zero-order valence-corrected chi connectivity index (χ0v) is 13.6. The number of aromatic hydroxyl groups is 1. The van der Waals surface area contributed by atoms with E-state index in [1.807, 2.05) is 35.5 Å². The molecule has 2 aromatic rings. The monoisotopic (exact) mass is 360 g/mol. The van der Waals surface area contributed by atoms with Crippen LogP contribution < -0.4 is 4.90 Å². The average molecular weight is 361 g/mol. The first-order valence-electron chi connectivity index (χ1n) is 7.16. The van der Waals surface area contributed by atoms with Crippen molar-refractivity contribution < 1.29 is 5.11 Å². The number of halogens is 1. The Kier molecular flexibility index (Phi) is 4.58. The highest BCUT2D eigenvalue weighted by molar-refractivity contribution is 9.10. The van der Waals surface area contributed by atoms with E-state index >= 15 is 0 Å². The van der Waals surface area contributed by atoms with Gasteiger partial charge in [0.15, 0.2) is 0 Å². The molecule has 2 heterocycles. The van der Waals surface area contributed by atoms with Gasteiger partial charge in [-0.3, -0.25) is 5.01 Å². The van der Waals surface area contributed by atoms with Gasteiger partial charge in [-0.25, -0.2) is 4.98 Å². The molecule has 0 aliphatic carbocycles. The molecule has 0 bridgehead atoms. The van der Waals surface area contributed by atoms with Crippen LogP contribution >= 0.6 is 15.9 Å². The fourth-order valence-electron chi connectivity index (χ4n) is 2.35. The lowest BCUT2D eigenvalue weighted by Gasteiger charge is -2.33. The fourth-order valence-corrected chi connectivity index (χ4v) is 2.73. The molecule has 0 unspecified atom stereocenters. The highest BCUT2D eigenvalue weighted by atomic mass is 79.9. The molecule has 0 spiro atoms. The number of anilines is 1. The van der Waals surface area contributed by atoms with E-state index in [4.69, 9.17) is 0 Å². The number of pyridine rings is 1. The van der Waals surface area contributed by atoms with Crippen molar-refractivity contribution >= 4 is 28.0 Å². The Morgan fingerprint density at radius 1 is 1.14 bits per heavy atom. The predicted molar refractivity (Wildman–Crippen MR) is 91.4 cm³/mol. The lowest BCUT2D eigenvalue weighted by atomic mass is 10.2. The third-order valence-electron chi connectivity index (χ3n) is 3.58. The first kappa shape index (κ1) is 14.8. The van der Waals surface area contributed by atoms with Crippen molar-refractivity contribution in [1.82, 2.24) is 9.99 Å². The van der Waals surface area contributed by atoms with Crippen molar-refractivity contribution in [2.24, 2.45) is 5.10 Å². The van der Waals surface area contributed by atoms with Gasteiger partial charge in [0.25, 0.3) is 0 Å². The second-order valence-electron chi connectivity index (χ2n) is 5.08. The first-order chi connectivity index (χ1) is 10.7. The topological polar surface area (TPSA) is 52.0 Å². The molecule has 1 fully saturated rings. The van der Waals surface area contributed by atoms with Crippen LogP contribution in [0, 0.1) is 0 Å². The smallest absolute Gasteiger partial charge is 0.128 e. The van der Waals surface area contributed by atoms with E-state index in [0.29, 0.717) is 5.56 Å². The van der Waals surface area contributed by atoms with Crippen LogP contribution in [0.2, 0.25) is 0 Å². The summed E-state index contributed by atoms with van der Waals surface area (Å²) in [6.45, 7) is 3.45. The summed E-state index contributed by atoms with van der Waals surface area (Å²) in [7, 11) is 0. The molecular formula is C16H17BrN4O. The SMILES string of the molecule is Oc1ccc(Br)cc1/C=N/N1CCN(c2ccccn2)CC1. The van der Waals surface area contributed by atoms with Crippen LogP contribution in [0.15, 0.2) is 52.2 Å². The quantitative estimate of drug-likeness (QED) is 0.855. The van der Waals surface area contributed by atoms with Crippen molar-refractivity contribution in [3.05, 3.63) is 52.6 Å². The number of hydrazone groups is 1. The van der Waals surface area contributed by atoms with Crippen LogP contribution in [0.1, 0.15) is 5.56 Å². The highest BCUT2D eigenvalue weighted by Crippen LogP contribution is 2.20. The van der Waals surface area contributed by atoms with Crippen molar-refractivity contribution in [1.29, 1.82) is 0 Å². The van der Waals surface area contributed by atoms with Gasteiger partial charge in [-0.2, -0.15) is 5.10 Å². The van der Waals surface area contributed by atoms with Gasteiger partial charge in [0.1, 0.15) is 11.6 Å². The Balaban J connectivity index is 1.60. The van der Waals surface area contributed by atoms with Gasteiger partial charge >= 0.3 is 0 Å². The zero-order chi connectivity index (χ0) is 15.4. The molecule has 22 heavy (non-hydrogen) atoms. The molecule has 3 rings (SSSR count). The fraction of sp³-hybridized carbons (Fsp3) is 0.250. The molecule has 1 N–H and O–H groups in total. The number of phenolic OH excluding ortho intramolecular Hbond substituents is 1. The minimum atomic E-state index is 0.235. The van der Waals surface area contributed by atoms with Crippen LogP contribution in [0.25, 0.3) is 0 Å². The summed E-state index contributed by atoms with van der Waals surface area (Å²) in [6.07, 6.45) is 3.52. The van der Waals surface area contributed by atoms with E-state index in [9.17, 15) is 5.11 Å². The van der Waals surface area contributed by atoms with Crippen molar-refractivity contribution in [2.75, 3.05) is 31.1 Å². The third-order valence-corrected chi connectivity index (χ3v) is 4.07. The molecule has 1 aliphatic heterocycles. The maximum atomic E-state index is 9.81. The second kappa shape index (κ2) is 6.79. The summed E-state index contributed by atoms with van der Waals surface area (Å²) in [4.78, 5) is 6.63. The number of hydrogen-bond donors (Lipinski definition) is 1. The Morgan fingerprint density at radius 3 is 2.68 bits per heavy atom. The normalized spacial score (nSPS) is 15.5.